The van der Waals surface area contributed by atoms with Gasteiger partial charge in [-0.3, -0.25) is 29.4 Å². The average molecular weight is 386 g/mol. The minimum atomic E-state index is -0.621. The Kier molecular flexibility index (Phi) is 5.13. The van der Waals surface area contributed by atoms with Gasteiger partial charge in [0, 0.05) is 17.7 Å². The maximum atomic E-state index is 12.9. The van der Waals surface area contributed by atoms with Crippen LogP contribution in [0.2, 0.25) is 0 Å². The molecule has 0 unspecified atom stereocenters. The molecule has 0 aromatic heterocycles. The van der Waals surface area contributed by atoms with Crippen molar-refractivity contribution in [1.29, 1.82) is 0 Å². The van der Waals surface area contributed by atoms with Gasteiger partial charge in [-0.25, -0.2) is 4.39 Å². The molecule has 0 saturated carbocycles. The predicted octanol–water partition coefficient (Wildman–Crippen LogP) is 3.65. The van der Waals surface area contributed by atoms with E-state index in [0.717, 1.165) is 4.90 Å². The predicted molar refractivity (Wildman–Crippen MR) is 96.5 cm³/mol. The maximum absolute atomic E-state index is 12.9. The SMILES string of the molecule is O=C(CN1C(=O)S/C(=C/c2ccc(F)cc2)C1=O)c1ccc([N+](=O)[O-])cc1. The van der Waals surface area contributed by atoms with Gasteiger partial charge in [0.1, 0.15) is 5.82 Å². The number of carbonyl (C=O) groups is 3. The first kappa shape index (κ1) is 18.5. The number of nitro benzene ring substituents is 1. The highest BCUT2D eigenvalue weighted by atomic mass is 32.2. The number of imide groups is 1. The second-order valence-electron chi connectivity index (χ2n) is 5.55. The van der Waals surface area contributed by atoms with Gasteiger partial charge in [-0.1, -0.05) is 12.1 Å². The van der Waals surface area contributed by atoms with Crippen molar-refractivity contribution >= 4 is 40.5 Å². The Bertz CT molecular complexity index is 970. The van der Waals surface area contributed by atoms with Crippen molar-refractivity contribution in [3.63, 3.8) is 0 Å². The maximum Gasteiger partial charge on any atom is 0.293 e. The van der Waals surface area contributed by atoms with E-state index in [0.29, 0.717) is 17.3 Å². The van der Waals surface area contributed by atoms with Crippen molar-refractivity contribution in [1.82, 2.24) is 4.90 Å². The van der Waals surface area contributed by atoms with E-state index in [4.69, 9.17) is 0 Å². The summed E-state index contributed by atoms with van der Waals surface area (Å²) in [5.74, 6) is -1.56. The molecule has 9 heteroatoms. The Hall–Kier alpha value is -3.33. The molecule has 2 amide bonds. The van der Waals surface area contributed by atoms with Crippen LogP contribution in [0.25, 0.3) is 6.08 Å². The lowest BCUT2D eigenvalue weighted by Crippen LogP contribution is -2.33. The molecule has 2 aromatic rings. The largest absolute Gasteiger partial charge is 0.293 e. The lowest BCUT2D eigenvalue weighted by Gasteiger charge is -2.11. The Labute approximate surface area is 156 Å². The number of thioether (sulfide) groups is 1. The summed E-state index contributed by atoms with van der Waals surface area (Å²) >= 11 is 0.688. The van der Waals surface area contributed by atoms with Crippen molar-refractivity contribution in [3.8, 4) is 0 Å². The summed E-state index contributed by atoms with van der Waals surface area (Å²) < 4.78 is 12.9. The second kappa shape index (κ2) is 7.50. The number of halogens is 1. The van der Waals surface area contributed by atoms with Crippen LogP contribution in [0.5, 0.6) is 0 Å². The molecular weight excluding hydrogens is 375 g/mol. The van der Waals surface area contributed by atoms with Crippen molar-refractivity contribution in [2.45, 2.75) is 0 Å². The Morgan fingerprint density at radius 2 is 1.74 bits per heavy atom. The molecule has 0 bridgehead atoms. The number of rotatable bonds is 5. The molecule has 1 heterocycles. The standard InChI is InChI=1S/C18H11FN2O5S/c19-13-5-1-11(2-6-13)9-16-17(23)20(18(24)27-16)10-15(22)12-3-7-14(8-4-12)21(25)26/h1-9H,10H2/b16-9+. The van der Waals surface area contributed by atoms with Crippen LogP contribution in [-0.4, -0.2) is 33.3 Å². The monoisotopic (exact) mass is 386 g/mol. The summed E-state index contributed by atoms with van der Waals surface area (Å²) in [6, 6.07) is 10.3. The van der Waals surface area contributed by atoms with Crippen molar-refractivity contribution in [3.05, 3.63) is 80.5 Å². The van der Waals surface area contributed by atoms with Gasteiger partial charge in [0.25, 0.3) is 16.8 Å². The first-order valence-electron chi connectivity index (χ1n) is 7.64. The van der Waals surface area contributed by atoms with Gasteiger partial charge in [-0.05, 0) is 47.7 Å². The molecule has 0 atom stereocenters. The third-order valence-corrected chi connectivity index (χ3v) is 4.65. The normalized spacial score (nSPS) is 15.4. The number of hydrogen-bond donors (Lipinski definition) is 0. The van der Waals surface area contributed by atoms with Crippen LogP contribution in [0, 0.1) is 15.9 Å². The van der Waals surface area contributed by atoms with Crippen molar-refractivity contribution < 1.29 is 23.7 Å². The molecule has 1 saturated heterocycles. The fraction of sp³-hybridized carbons (Fsp3) is 0.0556. The van der Waals surface area contributed by atoms with Gasteiger partial charge in [-0.15, -0.1) is 0 Å². The zero-order chi connectivity index (χ0) is 19.6. The summed E-state index contributed by atoms with van der Waals surface area (Å²) in [5, 5.41) is 10.1. The van der Waals surface area contributed by atoms with Crippen LogP contribution in [0.3, 0.4) is 0 Å². The van der Waals surface area contributed by atoms with Gasteiger partial charge >= 0.3 is 0 Å². The van der Waals surface area contributed by atoms with Gasteiger partial charge in [0.15, 0.2) is 5.78 Å². The van der Waals surface area contributed by atoms with Gasteiger partial charge < -0.3 is 0 Å². The van der Waals surface area contributed by atoms with E-state index in [1.165, 1.54) is 54.6 Å². The first-order chi connectivity index (χ1) is 12.8. The molecule has 0 N–H and O–H groups in total. The van der Waals surface area contributed by atoms with Crippen LogP contribution in [-0.2, 0) is 4.79 Å². The van der Waals surface area contributed by atoms with Crippen LogP contribution < -0.4 is 0 Å². The van der Waals surface area contributed by atoms with Crippen molar-refractivity contribution in [2.24, 2.45) is 0 Å². The van der Waals surface area contributed by atoms with E-state index in [-0.39, 0.29) is 16.2 Å². The summed E-state index contributed by atoms with van der Waals surface area (Å²) in [5.41, 5.74) is 0.533. The number of benzene rings is 2. The smallest absolute Gasteiger partial charge is 0.292 e. The molecule has 0 spiro atoms. The van der Waals surface area contributed by atoms with Crippen molar-refractivity contribution in [2.75, 3.05) is 6.54 Å². The summed E-state index contributed by atoms with van der Waals surface area (Å²) in [6.45, 7) is -0.469. The highest BCUT2D eigenvalue weighted by Crippen LogP contribution is 2.32. The molecule has 136 valence electrons. The fourth-order valence-corrected chi connectivity index (χ4v) is 3.19. The van der Waals surface area contributed by atoms with Crippen LogP contribution in [0.1, 0.15) is 15.9 Å². The number of nitrogens with zero attached hydrogens (tertiary/aromatic N) is 2. The van der Waals surface area contributed by atoms with E-state index < -0.39 is 34.2 Å². The van der Waals surface area contributed by atoms with Crippen LogP contribution in [0.4, 0.5) is 14.9 Å². The third kappa shape index (κ3) is 4.09. The number of amides is 2. The average Bonchev–Trinajstić information content (AvgIpc) is 2.91. The van der Waals surface area contributed by atoms with E-state index in [2.05, 4.69) is 0 Å². The molecule has 1 aliphatic rings. The number of carbonyl (C=O) groups excluding carboxylic acids is 3. The molecule has 0 aliphatic carbocycles. The molecule has 3 rings (SSSR count). The number of ketones is 1. The van der Waals surface area contributed by atoms with Crippen LogP contribution in [0.15, 0.2) is 53.4 Å². The zero-order valence-electron chi connectivity index (χ0n) is 13.6. The topological polar surface area (TPSA) is 97.6 Å². The second-order valence-corrected chi connectivity index (χ2v) is 6.54. The lowest BCUT2D eigenvalue weighted by atomic mass is 10.1. The van der Waals surface area contributed by atoms with E-state index in [1.807, 2.05) is 0 Å². The van der Waals surface area contributed by atoms with Gasteiger partial charge in [-0.2, -0.15) is 0 Å². The molecule has 2 aromatic carbocycles. The Balaban J connectivity index is 1.74. The summed E-state index contributed by atoms with van der Waals surface area (Å²) in [7, 11) is 0. The quantitative estimate of drug-likeness (QED) is 0.337. The molecular formula is C18H11FN2O5S. The fourth-order valence-electron chi connectivity index (χ4n) is 2.35. The highest BCUT2D eigenvalue weighted by Gasteiger charge is 2.36. The summed E-state index contributed by atoms with van der Waals surface area (Å²) in [4.78, 5) is 47.8. The number of Topliss-reactive ketones (excluding diaryl/α,β-unsaturated/α-hetero) is 1. The lowest BCUT2D eigenvalue weighted by molar-refractivity contribution is -0.384. The Morgan fingerprint density at radius 1 is 1.11 bits per heavy atom. The highest BCUT2D eigenvalue weighted by molar-refractivity contribution is 8.18. The van der Waals surface area contributed by atoms with Crippen LogP contribution >= 0.6 is 11.8 Å². The molecule has 1 aliphatic heterocycles. The molecule has 0 radical (unpaired) electrons. The van der Waals surface area contributed by atoms with E-state index in [1.54, 1.807) is 0 Å². The van der Waals surface area contributed by atoms with E-state index in [9.17, 15) is 28.9 Å². The number of nitro groups is 1. The third-order valence-electron chi connectivity index (χ3n) is 3.74. The molecule has 27 heavy (non-hydrogen) atoms. The molecule has 7 nitrogen and oxygen atoms in total. The Morgan fingerprint density at radius 3 is 2.33 bits per heavy atom. The molecule has 1 fully saturated rings. The number of hydrogen-bond acceptors (Lipinski definition) is 6. The zero-order valence-corrected chi connectivity index (χ0v) is 14.4. The van der Waals surface area contributed by atoms with E-state index >= 15 is 0 Å². The van der Waals surface area contributed by atoms with Gasteiger partial charge in [0.2, 0.25) is 0 Å². The van der Waals surface area contributed by atoms with Gasteiger partial charge in [0.05, 0.1) is 16.4 Å². The minimum absolute atomic E-state index is 0.128. The number of non-ortho nitro benzene ring substituents is 1. The first-order valence-corrected chi connectivity index (χ1v) is 8.45. The summed E-state index contributed by atoms with van der Waals surface area (Å²) in [6.07, 6.45) is 1.45. The minimum Gasteiger partial charge on any atom is -0.292 e.